The van der Waals surface area contributed by atoms with E-state index in [9.17, 15) is 52.7 Å². The van der Waals surface area contributed by atoms with Crippen LogP contribution in [-0.4, -0.2) is 41.5 Å². The van der Waals surface area contributed by atoms with E-state index in [1.165, 1.54) is 0 Å². The van der Waals surface area contributed by atoms with Gasteiger partial charge in [0, 0.05) is 41.5 Å². The van der Waals surface area contributed by atoms with Gasteiger partial charge in [-0.1, -0.05) is 0 Å². The van der Waals surface area contributed by atoms with Crippen LogP contribution in [0, 0.1) is 10.8 Å². The molecular formula is C15H18F14. The van der Waals surface area contributed by atoms with E-state index in [0.29, 0.717) is 0 Å². The molecule has 0 aromatic heterocycles. The van der Waals surface area contributed by atoms with Crippen LogP contribution >= 0.6 is 0 Å². The average molecular weight is 464 g/mol. The van der Waals surface area contributed by atoms with Gasteiger partial charge in [-0.3, -0.25) is 0 Å². The van der Waals surface area contributed by atoms with Crippen LogP contribution in [0.5, 0.6) is 0 Å². The first-order valence-corrected chi connectivity index (χ1v) is 7.65. The van der Waals surface area contributed by atoms with Gasteiger partial charge in [-0.05, 0) is 0 Å². The Bertz CT molecular complexity index is 461. The molecule has 0 amide bonds. The molecule has 0 aliphatic rings. The topological polar surface area (TPSA) is 0 Å². The second kappa shape index (κ2) is 6.51. The molecule has 29 heavy (non-hydrogen) atoms. The van der Waals surface area contributed by atoms with Gasteiger partial charge in [-0.2, -0.15) is 0 Å². The molecule has 0 N–H and O–H groups in total. The SMILES string of the molecule is CC(F)(F)C(C(C)(F)F)(C(C)(F)F)C(F)(F)C(C(C)(F)F)(C(C)(F)F)C(C)(F)F. The molecule has 0 saturated heterocycles. The van der Waals surface area contributed by atoms with Gasteiger partial charge in [0.15, 0.2) is 0 Å². The highest BCUT2D eigenvalue weighted by atomic mass is 19.3. The molecule has 0 fully saturated rings. The first-order valence-electron chi connectivity index (χ1n) is 7.65. The summed E-state index contributed by atoms with van der Waals surface area (Å²) in [5, 5.41) is 0. The van der Waals surface area contributed by atoms with Gasteiger partial charge < -0.3 is 0 Å². The van der Waals surface area contributed by atoms with Crippen molar-refractivity contribution < 1.29 is 61.5 Å². The van der Waals surface area contributed by atoms with Crippen molar-refractivity contribution in [2.24, 2.45) is 10.8 Å². The van der Waals surface area contributed by atoms with Gasteiger partial charge in [-0.15, -0.1) is 0 Å². The highest BCUT2D eigenvalue weighted by Crippen LogP contribution is 2.75. The first kappa shape index (κ1) is 28.0. The van der Waals surface area contributed by atoms with E-state index in [0.717, 1.165) is 0 Å². The summed E-state index contributed by atoms with van der Waals surface area (Å²) in [5.74, 6) is -44.2. The molecule has 0 bridgehead atoms. The van der Waals surface area contributed by atoms with Crippen LogP contribution in [0.2, 0.25) is 0 Å². The number of halogens is 14. The van der Waals surface area contributed by atoms with Crippen molar-refractivity contribution in [1.29, 1.82) is 0 Å². The molecule has 0 rings (SSSR count). The molecule has 0 radical (unpaired) electrons. The second-order valence-corrected chi connectivity index (χ2v) is 7.40. The molecule has 0 spiro atoms. The zero-order chi connectivity index (χ0) is 24.5. The monoisotopic (exact) mass is 464 g/mol. The Balaban J connectivity index is 8.22. The molecule has 0 heterocycles. The molecule has 0 aliphatic heterocycles. The maximum absolute atomic E-state index is 15.2. The minimum absolute atomic E-state index is 1.00. The fourth-order valence-corrected chi connectivity index (χ4v) is 4.25. The van der Waals surface area contributed by atoms with Crippen LogP contribution in [0.15, 0.2) is 0 Å². The van der Waals surface area contributed by atoms with E-state index in [-0.39, 0.29) is 0 Å². The lowest BCUT2D eigenvalue weighted by Gasteiger charge is -2.59. The number of alkyl halides is 14. The Morgan fingerprint density at radius 2 is 0.379 bits per heavy atom. The standard InChI is InChI=1S/C15H18F14/c1-7(16,17)13(8(2,18)19,9(3,20)21)15(28,29)14(10(4,22)23,11(5,24)25)12(6,26)27/h1-6H3. The maximum atomic E-state index is 15.2. The van der Waals surface area contributed by atoms with Crippen LogP contribution in [0.1, 0.15) is 41.5 Å². The van der Waals surface area contributed by atoms with Crippen LogP contribution in [0.3, 0.4) is 0 Å². The number of hydrogen-bond acceptors (Lipinski definition) is 0. The molecule has 0 nitrogen and oxygen atoms in total. The van der Waals surface area contributed by atoms with Crippen LogP contribution in [0.4, 0.5) is 61.5 Å². The fraction of sp³-hybridized carbons (Fsp3) is 1.00. The molecule has 0 atom stereocenters. The van der Waals surface area contributed by atoms with Crippen molar-refractivity contribution in [1.82, 2.24) is 0 Å². The van der Waals surface area contributed by atoms with E-state index < -0.39 is 93.8 Å². The smallest absolute Gasteiger partial charge is 0.206 e. The lowest BCUT2D eigenvalue weighted by atomic mass is 9.53. The second-order valence-electron chi connectivity index (χ2n) is 7.40. The lowest BCUT2D eigenvalue weighted by Crippen LogP contribution is -2.81. The predicted octanol–water partition coefficient (Wildman–Crippen LogP) is 7.53. The third kappa shape index (κ3) is 3.35. The van der Waals surface area contributed by atoms with Gasteiger partial charge in [-0.25, -0.2) is 61.5 Å². The Labute approximate surface area is 156 Å². The summed E-state index contributed by atoms with van der Waals surface area (Å²) >= 11 is 0. The van der Waals surface area contributed by atoms with E-state index in [1.807, 2.05) is 0 Å². The molecule has 14 heteroatoms. The van der Waals surface area contributed by atoms with Gasteiger partial charge in [0.05, 0.1) is 0 Å². The molecule has 0 aromatic carbocycles. The first-order chi connectivity index (χ1) is 12.0. The summed E-state index contributed by atoms with van der Waals surface area (Å²) in [6.45, 7) is -6.02. The van der Waals surface area contributed by atoms with E-state index in [2.05, 4.69) is 0 Å². The third-order valence-corrected chi connectivity index (χ3v) is 4.89. The van der Waals surface area contributed by atoms with Crippen molar-refractivity contribution in [3.8, 4) is 0 Å². The van der Waals surface area contributed by atoms with Crippen molar-refractivity contribution >= 4 is 0 Å². The summed E-state index contributed by atoms with van der Waals surface area (Å²) in [7, 11) is 0. The normalized spacial score (nSPS) is 17.0. The summed E-state index contributed by atoms with van der Waals surface area (Å²) in [6.07, 6.45) is 0. The minimum Gasteiger partial charge on any atom is -0.206 e. The van der Waals surface area contributed by atoms with E-state index >= 15 is 8.78 Å². The summed E-state index contributed by atoms with van der Waals surface area (Å²) < 4.78 is 199. The van der Waals surface area contributed by atoms with Crippen molar-refractivity contribution in [2.75, 3.05) is 0 Å². The minimum atomic E-state index is -7.47. The molecule has 0 aliphatic carbocycles. The van der Waals surface area contributed by atoms with Crippen LogP contribution < -0.4 is 0 Å². The number of hydrogen-bond donors (Lipinski definition) is 0. The average Bonchev–Trinajstić information content (AvgIpc) is 2.12. The summed E-state index contributed by atoms with van der Waals surface area (Å²) in [5.41, 5.74) is -13.4. The van der Waals surface area contributed by atoms with Crippen LogP contribution in [-0.2, 0) is 0 Å². The van der Waals surface area contributed by atoms with Gasteiger partial charge in [0.1, 0.15) is 0 Å². The number of rotatable bonds is 8. The molecule has 176 valence electrons. The molecule has 0 aromatic rings. The fourth-order valence-electron chi connectivity index (χ4n) is 4.25. The van der Waals surface area contributed by atoms with Gasteiger partial charge in [0.2, 0.25) is 10.8 Å². The van der Waals surface area contributed by atoms with Gasteiger partial charge >= 0.3 is 0 Å². The summed E-state index contributed by atoms with van der Waals surface area (Å²) in [6, 6.07) is 0. The zero-order valence-corrected chi connectivity index (χ0v) is 15.8. The zero-order valence-electron chi connectivity index (χ0n) is 15.8. The van der Waals surface area contributed by atoms with Gasteiger partial charge in [0.25, 0.3) is 41.5 Å². The maximum Gasteiger partial charge on any atom is 0.294 e. The predicted molar refractivity (Wildman–Crippen MR) is 73.5 cm³/mol. The van der Waals surface area contributed by atoms with Crippen molar-refractivity contribution in [2.45, 2.75) is 83.0 Å². The molecular weight excluding hydrogens is 446 g/mol. The Morgan fingerprint density at radius 3 is 0.448 bits per heavy atom. The Kier molecular flexibility index (Phi) is 6.29. The largest absolute Gasteiger partial charge is 0.294 e. The molecule has 0 unspecified atom stereocenters. The van der Waals surface area contributed by atoms with Crippen molar-refractivity contribution in [3.05, 3.63) is 0 Å². The lowest BCUT2D eigenvalue weighted by molar-refractivity contribution is -0.468. The Morgan fingerprint density at radius 1 is 0.276 bits per heavy atom. The quantitative estimate of drug-likeness (QED) is 0.326. The van der Waals surface area contributed by atoms with E-state index in [1.54, 1.807) is 0 Å². The highest BCUT2D eigenvalue weighted by molar-refractivity contribution is 5.25. The van der Waals surface area contributed by atoms with E-state index in [4.69, 9.17) is 0 Å². The third-order valence-electron chi connectivity index (χ3n) is 4.89. The van der Waals surface area contributed by atoms with Crippen molar-refractivity contribution in [3.63, 3.8) is 0 Å². The highest BCUT2D eigenvalue weighted by Gasteiger charge is 2.97. The Hall–Kier alpha value is -0.980. The molecule has 0 saturated carbocycles. The summed E-state index contributed by atoms with van der Waals surface area (Å²) in [4.78, 5) is 0. The van der Waals surface area contributed by atoms with Crippen LogP contribution in [0.25, 0.3) is 0 Å².